The number of imide groups is 1. The molecular formula is C30H24N2O8. The van der Waals surface area contributed by atoms with E-state index in [2.05, 4.69) is 0 Å². The van der Waals surface area contributed by atoms with Crippen molar-refractivity contribution in [1.82, 2.24) is 0 Å². The Bertz CT molecular complexity index is 1650. The number of non-ortho nitro benzene ring substituents is 1. The molecule has 10 nitrogen and oxygen atoms in total. The van der Waals surface area contributed by atoms with Crippen molar-refractivity contribution >= 4 is 34.8 Å². The summed E-state index contributed by atoms with van der Waals surface area (Å²) in [5, 5.41) is 21.4. The number of hydrogen-bond acceptors (Lipinski definition) is 8. The van der Waals surface area contributed by atoms with E-state index in [1.165, 1.54) is 49.6 Å². The van der Waals surface area contributed by atoms with Crippen molar-refractivity contribution in [3.8, 4) is 11.5 Å². The third kappa shape index (κ3) is 3.63. The molecule has 6 rings (SSSR count). The minimum Gasteiger partial charge on any atom is -0.508 e. The molecule has 1 aliphatic heterocycles. The lowest BCUT2D eigenvalue weighted by Gasteiger charge is -2.42. The number of rotatable bonds is 4. The van der Waals surface area contributed by atoms with Crippen molar-refractivity contribution in [2.75, 3.05) is 12.0 Å². The van der Waals surface area contributed by atoms with Crippen molar-refractivity contribution < 1.29 is 33.9 Å². The summed E-state index contributed by atoms with van der Waals surface area (Å²) in [6, 6.07) is 9.93. The molecule has 1 fully saturated rings. The van der Waals surface area contributed by atoms with E-state index >= 15 is 0 Å². The van der Waals surface area contributed by atoms with Crippen LogP contribution in [0.4, 0.5) is 11.4 Å². The van der Waals surface area contributed by atoms with Crippen LogP contribution in [0.15, 0.2) is 76.9 Å². The number of nitrogens with zero attached hydrogens (tertiary/aromatic N) is 2. The number of methoxy groups -OCH3 is 1. The lowest BCUT2D eigenvalue weighted by atomic mass is 9.59. The van der Waals surface area contributed by atoms with Gasteiger partial charge in [-0.3, -0.25) is 29.3 Å². The number of hydrogen-bond donors (Lipinski definition) is 1. The fourth-order valence-electron chi connectivity index (χ4n) is 6.66. The van der Waals surface area contributed by atoms with Gasteiger partial charge >= 0.3 is 0 Å². The molecule has 202 valence electrons. The van der Waals surface area contributed by atoms with Crippen LogP contribution >= 0.6 is 0 Å². The molecule has 2 amide bonds. The Morgan fingerprint density at radius 2 is 1.82 bits per heavy atom. The highest BCUT2D eigenvalue weighted by molar-refractivity contribution is 6.25. The van der Waals surface area contributed by atoms with E-state index in [9.17, 15) is 34.4 Å². The van der Waals surface area contributed by atoms with Crippen LogP contribution in [0.1, 0.15) is 31.2 Å². The zero-order valence-electron chi connectivity index (χ0n) is 21.6. The number of nitro benzene ring substituents is 1. The van der Waals surface area contributed by atoms with Gasteiger partial charge in [-0.05, 0) is 43.9 Å². The molecule has 4 aliphatic rings. The van der Waals surface area contributed by atoms with Gasteiger partial charge in [-0.2, -0.15) is 0 Å². The van der Waals surface area contributed by atoms with Crippen molar-refractivity contribution in [1.29, 1.82) is 0 Å². The third-order valence-corrected chi connectivity index (χ3v) is 8.39. The second kappa shape index (κ2) is 9.11. The van der Waals surface area contributed by atoms with Gasteiger partial charge in [0, 0.05) is 46.4 Å². The van der Waals surface area contributed by atoms with Crippen LogP contribution in [0, 0.1) is 27.9 Å². The van der Waals surface area contributed by atoms with E-state index in [-0.39, 0.29) is 41.5 Å². The Morgan fingerprint density at radius 1 is 1.05 bits per heavy atom. The van der Waals surface area contributed by atoms with Crippen molar-refractivity contribution in [2.24, 2.45) is 17.8 Å². The number of nitro groups is 1. The van der Waals surface area contributed by atoms with Crippen LogP contribution in [0.3, 0.4) is 0 Å². The molecule has 0 spiro atoms. The second-order valence-electron chi connectivity index (χ2n) is 10.4. The fourth-order valence-corrected chi connectivity index (χ4v) is 6.66. The van der Waals surface area contributed by atoms with Gasteiger partial charge in [-0.15, -0.1) is 0 Å². The first kappa shape index (κ1) is 25.4. The van der Waals surface area contributed by atoms with Crippen LogP contribution in [-0.2, 0) is 19.2 Å². The fraction of sp³-hybridized carbons (Fsp3) is 0.267. The summed E-state index contributed by atoms with van der Waals surface area (Å²) >= 11 is 0. The Balaban J connectivity index is 1.49. The molecule has 4 atom stereocenters. The molecule has 2 aromatic carbocycles. The van der Waals surface area contributed by atoms with Gasteiger partial charge in [0.2, 0.25) is 11.8 Å². The van der Waals surface area contributed by atoms with Gasteiger partial charge in [0.25, 0.3) is 5.69 Å². The zero-order chi connectivity index (χ0) is 28.5. The Morgan fingerprint density at radius 3 is 2.55 bits per heavy atom. The number of ketones is 2. The zero-order valence-corrected chi connectivity index (χ0v) is 21.6. The first-order valence-corrected chi connectivity index (χ1v) is 12.8. The SMILES string of the molecule is COc1cc(O)ccc1[C@H]1C2=CC[C@@H]3C(=O)N(c4cccc([N+](=O)[O-])c4)C(=O)[C@@H]3[C@@H]2CC2=C1C(=O)C(C)=CC2=O. The van der Waals surface area contributed by atoms with Crippen LogP contribution in [0.2, 0.25) is 0 Å². The van der Waals surface area contributed by atoms with Crippen LogP contribution in [0.25, 0.3) is 0 Å². The van der Waals surface area contributed by atoms with Gasteiger partial charge < -0.3 is 9.84 Å². The van der Waals surface area contributed by atoms with Gasteiger partial charge in [0.05, 0.1) is 29.6 Å². The molecule has 0 aromatic heterocycles. The monoisotopic (exact) mass is 540 g/mol. The molecule has 2 aromatic rings. The number of Topliss-reactive ketones (excluding diaryl/α,β-unsaturated/α-hetero) is 1. The van der Waals surface area contributed by atoms with Crippen molar-refractivity contribution in [3.05, 3.63) is 92.6 Å². The van der Waals surface area contributed by atoms with Gasteiger partial charge in [0.15, 0.2) is 11.6 Å². The number of aromatic hydroxyl groups is 1. The summed E-state index contributed by atoms with van der Waals surface area (Å²) in [5.41, 5.74) is 2.10. The summed E-state index contributed by atoms with van der Waals surface area (Å²) < 4.78 is 5.55. The van der Waals surface area contributed by atoms with E-state index in [1.54, 1.807) is 13.0 Å². The first-order valence-electron chi connectivity index (χ1n) is 12.8. The lowest BCUT2D eigenvalue weighted by Crippen LogP contribution is -2.40. The number of fused-ring (bicyclic) bond motifs is 3. The summed E-state index contributed by atoms with van der Waals surface area (Å²) in [7, 11) is 1.44. The predicted octanol–water partition coefficient (Wildman–Crippen LogP) is 3.94. The highest BCUT2D eigenvalue weighted by Gasteiger charge is 2.57. The molecule has 1 heterocycles. The maximum Gasteiger partial charge on any atom is 0.271 e. The topological polar surface area (TPSA) is 144 Å². The largest absolute Gasteiger partial charge is 0.508 e. The maximum atomic E-state index is 13.9. The average Bonchev–Trinajstić information content (AvgIpc) is 3.20. The molecule has 0 saturated carbocycles. The van der Waals surface area contributed by atoms with E-state index in [0.29, 0.717) is 28.0 Å². The second-order valence-corrected chi connectivity index (χ2v) is 10.4. The number of carbonyl (C=O) groups is 4. The molecule has 3 aliphatic carbocycles. The van der Waals surface area contributed by atoms with Gasteiger partial charge in [0.1, 0.15) is 11.5 Å². The molecule has 1 saturated heterocycles. The molecule has 0 bridgehead atoms. The predicted molar refractivity (Wildman–Crippen MR) is 142 cm³/mol. The summed E-state index contributed by atoms with van der Waals surface area (Å²) in [5.74, 6) is -4.07. The quantitative estimate of drug-likeness (QED) is 0.202. The highest BCUT2D eigenvalue weighted by atomic mass is 16.6. The molecule has 1 N–H and O–H groups in total. The maximum absolute atomic E-state index is 13.9. The van der Waals surface area contributed by atoms with Crippen LogP contribution < -0.4 is 9.64 Å². The molecule has 0 unspecified atom stereocenters. The third-order valence-electron chi connectivity index (χ3n) is 8.39. The minimum atomic E-state index is -0.818. The number of anilines is 1. The number of phenolic OH excluding ortho intramolecular Hbond substituents is 1. The smallest absolute Gasteiger partial charge is 0.271 e. The lowest BCUT2D eigenvalue weighted by molar-refractivity contribution is -0.384. The summed E-state index contributed by atoms with van der Waals surface area (Å²) in [6.45, 7) is 1.59. The van der Waals surface area contributed by atoms with E-state index in [4.69, 9.17) is 4.74 Å². The first-order chi connectivity index (χ1) is 19.1. The summed E-state index contributed by atoms with van der Waals surface area (Å²) in [6.07, 6.45) is 3.51. The van der Waals surface area contributed by atoms with E-state index in [0.717, 1.165) is 10.5 Å². The van der Waals surface area contributed by atoms with E-state index in [1.807, 2.05) is 6.08 Å². The minimum absolute atomic E-state index is 0.0360. The Kier molecular flexibility index (Phi) is 5.79. The molecular weight excluding hydrogens is 516 g/mol. The number of benzene rings is 2. The van der Waals surface area contributed by atoms with Crippen molar-refractivity contribution in [2.45, 2.75) is 25.7 Å². The molecule has 10 heteroatoms. The molecule has 40 heavy (non-hydrogen) atoms. The highest BCUT2D eigenvalue weighted by Crippen LogP contribution is 2.56. The number of ether oxygens (including phenoxy) is 1. The summed E-state index contributed by atoms with van der Waals surface area (Å²) in [4.78, 5) is 66.0. The Hall–Kier alpha value is -4.86. The van der Waals surface area contributed by atoms with E-state index < -0.39 is 40.4 Å². The van der Waals surface area contributed by atoms with Crippen molar-refractivity contribution in [3.63, 3.8) is 0 Å². The molecule has 0 radical (unpaired) electrons. The van der Waals surface area contributed by atoms with Gasteiger partial charge in [-0.1, -0.05) is 23.8 Å². The Labute approximate surface area is 228 Å². The van der Waals surface area contributed by atoms with Crippen LogP contribution in [-0.4, -0.2) is 40.5 Å². The standard InChI is InChI=1S/C30H24N2O8/c1-14-10-23(34)22-13-21-18(25(27(22)28(14)35)19-7-6-17(33)12-24(19)40-2)8-9-20-26(21)30(37)31(29(20)36)15-4-3-5-16(11-15)32(38)39/h3-8,10-12,20-21,25-26,33H,9,13H2,1-2H3/t20-,21+,25+,26-/m0/s1. The van der Waals surface area contributed by atoms with Gasteiger partial charge in [-0.25, -0.2) is 4.90 Å². The van der Waals surface area contributed by atoms with Crippen LogP contribution in [0.5, 0.6) is 11.5 Å². The average molecular weight is 541 g/mol. The normalized spacial score (nSPS) is 25.7. The number of allylic oxidation sites excluding steroid dienone is 6. The number of phenols is 1. The number of carbonyl (C=O) groups excluding carboxylic acids is 4. The number of amides is 2.